The van der Waals surface area contributed by atoms with Crippen LogP contribution in [0.2, 0.25) is 0 Å². The summed E-state index contributed by atoms with van der Waals surface area (Å²) in [5.41, 5.74) is 2.10. The number of rotatable bonds is 2. The first-order valence-electron chi connectivity index (χ1n) is 5.56. The number of hydrogen-bond donors (Lipinski definition) is 0. The summed E-state index contributed by atoms with van der Waals surface area (Å²) in [5.74, 6) is 0. The van der Waals surface area contributed by atoms with E-state index >= 15 is 0 Å². The summed E-state index contributed by atoms with van der Waals surface area (Å²) in [4.78, 5) is 0.416. The van der Waals surface area contributed by atoms with Gasteiger partial charge < -0.3 is 0 Å². The van der Waals surface area contributed by atoms with Crippen molar-refractivity contribution in [3.63, 3.8) is 0 Å². The van der Waals surface area contributed by atoms with E-state index in [1.165, 1.54) is 0 Å². The quantitative estimate of drug-likeness (QED) is 0.814. The highest BCUT2D eigenvalue weighted by Crippen LogP contribution is 2.41. The molecule has 0 aliphatic heterocycles. The molecule has 0 bridgehead atoms. The highest BCUT2D eigenvalue weighted by atomic mass is 32.2. The maximum Gasteiger partial charge on any atom is 0.185 e. The van der Waals surface area contributed by atoms with Crippen LogP contribution in [0.3, 0.4) is 0 Å². The zero-order valence-corrected chi connectivity index (χ0v) is 10.0. The highest BCUT2D eigenvalue weighted by Gasteiger charge is 2.37. The van der Waals surface area contributed by atoms with Crippen LogP contribution >= 0.6 is 0 Å². The summed E-state index contributed by atoms with van der Waals surface area (Å²) in [5, 5.41) is -0.360. The van der Waals surface area contributed by atoms with Gasteiger partial charge in [-0.1, -0.05) is 42.5 Å². The standard InChI is InChI=1S/C14H12O2S/c15-17(16,12-7-2-1-3-8-12)14-10-11-6-4-5-9-13(11)14/h1-9,14H,10H2. The number of fused-ring (bicyclic) bond motifs is 1. The van der Waals surface area contributed by atoms with Gasteiger partial charge in [0.15, 0.2) is 9.84 Å². The second kappa shape index (κ2) is 3.70. The minimum Gasteiger partial charge on any atom is -0.223 e. The average Bonchev–Trinajstić information content (AvgIpc) is 2.32. The van der Waals surface area contributed by atoms with E-state index in [4.69, 9.17) is 0 Å². The van der Waals surface area contributed by atoms with E-state index in [1.807, 2.05) is 30.3 Å². The molecular formula is C14H12O2S. The lowest BCUT2D eigenvalue weighted by Crippen LogP contribution is -2.25. The van der Waals surface area contributed by atoms with Crippen LogP contribution in [0.5, 0.6) is 0 Å². The van der Waals surface area contributed by atoms with Crippen LogP contribution in [0.25, 0.3) is 0 Å². The minimum atomic E-state index is -3.22. The SMILES string of the molecule is O=S(=O)(c1ccccc1)C1Cc2ccccc21. The van der Waals surface area contributed by atoms with Crippen molar-refractivity contribution in [3.05, 3.63) is 65.7 Å². The molecule has 2 aromatic carbocycles. The molecule has 0 saturated heterocycles. The molecule has 1 atom stereocenters. The predicted molar refractivity (Wildman–Crippen MR) is 66.5 cm³/mol. The van der Waals surface area contributed by atoms with Gasteiger partial charge in [-0.3, -0.25) is 0 Å². The molecule has 86 valence electrons. The molecule has 0 saturated carbocycles. The Labute approximate surface area is 101 Å². The fraction of sp³-hybridized carbons (Fsp3) is 0.143. The van der Waals surface area contributed by atoms with E-state index in [-0.39, 0.29) is 5.25 Å². The molecule has 0 radical (unpaired) electrons. The zero-order valence-electron chi connectivity index (χ0n) is 9.21. The van der Waals surface area contributed by atoms with Crippen LogP contribution in [-0.4, -0.2) is 8.42 Å². The number of sulfone groups is 1. The van der Waals surface area contributed by atoms with Gasteiger partial charge in [0, 0.05) is 0 Å². The Hall–Kier alpha value is -1.61. The summed E-state index contributed by atoms with van der Waals surface area (Å²) < 4.78 is 24.8. The lowest BCUT2D eigenvalue weighted by Gasteiger charge is -2.29. The van der Waals surface area contributed by atoms with Gasteiger partial charge >= 0.3 is 0 Å². The monoisotopic (exact) mass is 244 g/mol. The van der Waals surface area contributed by atoms with E-state index in [0.29, 0.717) is 11.3 Å². The van der Waals surface area contributed by atoms with Gasteiger partial charge in [-0.15, -0.1) is 0 Å². The summed E-state index contributed by atoms with van der Waals surface area (Å²) >= 11 is 0. The predicted octanol–water partition coefficient (Wildman–Crippen LogP) is 2.76. The van der Waals surface area contributed by atoms with Crippen molar-refractivity contribution in [2.45, 2.75) is 16.6 Å². The first-order chi connectivity index (χ1) is 8.19. The molecule has 17 heavy (non-hydrogen) atoms. The maximum absolute atomic E-state index is 12.4. The van der Waals surface area contributed by atoms with Gasteiger partial charge in [0.2, 0.25) is 0 Å². The summed E-state index contributed by atoms with van der Waals surface area (Å²) in [7, 11) is -3.22. The molecule has 2 nitrogen and oxygen atoms in total. The van der Waals surface area contributed by atoms with E-state index in [9.17, 15) is 8.42 Å². The molecule has 0 heterocycles. The smallest absolute Gasteiger partial charge is 0.185 e. The molecule has 0 spiro atoms. The Morgan fingerprint density at radius 1 is 0.882 bits per heavy atom. The van der Waals surface area contributed by atoms with Crippen molar-refractivity contribution in [3.8, 4) is 0 Å². The van der Waals surface area contributed by atoms with Crippen molar-refractivity contribution in [1.29, 1.82) is 0 Å². The molecular weight excluding hydrogens is 232 g/mol. The Bertz CT molecular complexity index is 645. The molecule has 3 rings (SSSR count). The lowest BCUT2D eigenvalue weighted by atomic mass is 9.88. The molecule has 3 heteroatoms. The summed E-state index contributed by atoms with van der Waals surface area (Å²) in [6.07, 6.45) is 0.632. The molecule has 0 fully saturated rings. The second-order valence-electron chi connectivity index (χ2n) is 4.25. The maximum atomic E-state index is 12.4. The van der Waals surface area contributed by atoms with Crippen LogP contribution in [0.1, 0.15) is 16.4 Å². The molecule has 1 unspecified atom stereocenters. The van der Waals surface area contributed by atoms with Crippen LogP contribution in [-0.2, 0) is 16.3 Å². The van der Waals surface area contributed by atoms with Crippen LogP contribution < -0.4 is 0 Å². The first kappa shape index (κ1) is 10.5. The van der Waals surface area contributed by atoms with Crippen molar-refractivity contribution in [2.75, 3.05) is 0 Å². The summed E-state index contributed by atoms with van der Waals surface area (Å²) in [6, 6.07) is 16.4. The average molecular weight is 244 g/mol. The Morgan fingerprint density at radius 2 is 1.53 bits per heavy atom. The van der Waals surface area contributed by atoms with E-state index in [2.05, 4.69) is 0 Å². The normalized spacial score (nSPS) is 18.2. The Balaban J connectivity index is 2.03. The highest BCUT2D eigenvalue weighted by molar-refractivity contribution is 7.91. The number of hydrogen-bond acceptors (Lipinski definition) is 2. The van der Waals surface area contributed by atoms with Gasteiger partial charge in [-0.2, -0.15) is 0 Å². The van der Waals surface area contributed by atoms with Crippen molar-refractivity contribution >= 4 is 9.84 Å². The largest absolute Gasteiger partial charge is 0.223 e. The van der Waals surface area contributed by atoms with E-state index < -0.39 is 9.84 Å². The molecule has 1 aliphatic carbocycles. The molecule has 0 amide bonds. The zero-order chi connectivity index (χ0) is 11.9. The topological polar surface area (TPSA) is 34.1 Å². The van der Waals surface area contributed by atoms with Crippen LogP contribution in [0.15, 0.2) is 59.5 Å². The lowest BCUT2D eigenvalue weighted by molar-refractivity contribution is 0.572. The number of benzene rings is 2. The van der Waals surface area contributed by atoms with Gasteiger partial charge in [0.1, 0.15) is 0 Å². The molecule has 2 aromatic rings. The van der Waals surface area contributed by atoms with Crippen LogP contribution in [0, 0.1) is 0 Å². The third-order valence-corrected chi connectivity index (χ3v) is 5.35. The first-order valence-corrected chi connectivity index (χ1v) is 7.11. The van der Waals surface area contributed by atoms with E-state index in [1.54, 1.807) is 24.3 Å². The van der Waals surface area contributed by atoms with Gasteiger partial charge in [0.05, 0.1) is 10.1 Å². The fourth-order valence-electron chi connectivity index (χ4n) is 2.26. The molecule has 1 aliphatic rings. The Kier molecular flexibility index (Phi) is 2.30. The third-order valence-electron chi connectivity index (χ3n) is 3.25. The van der Waals surface area contributed by atoms with Crippen molar-refractivity contribution < 1.29 is 8.42 Å². The third kappa shape index (κ3) is 1.58. The van der Waals surface area contributed by atoms with Crippen molar-refractivity contribution in [2.24, 2.45) is 0 Å². The Morgan fingerprint density at radius 3 is 2.24 bits per heavy atom. The van der Waals surface area contributed by atoms with Gasteiger partial charge in [-0.25, -0.2) is 8.42 Å². The van der Waals surface area contributed by atoms with E-state index in [0.717, 1.165) is 11.1 Å². The van der Waals surface area contributed by atoms with Gasteiger partial charge in [0.25, 0.3) is 0 Å². The fourth-order valence-corrected chi connectivity index (χ4v) is 4.09. The second-order valence-corrected chi connectivity index (χ2v) is 6.38. The van der Waals surface area contributed by atoms with Crippen molar-refractivity contribution in [1.82, 2.24) is 0 Å². The molecule has 0 N–H and O–H groups in total. The molecule has 0 aromatic heterocycles. The van der Waals surface area contributed by atoms with Crippen LogP contribution in [0.4, 0.5) is 0 Å². The van der Waals surface area contributed by atoms with Gasteiger partial charge in [-0.05, 0) is 29.7 Å². The summed E-state index contributed by atoms with van der Waals surface area (Å²) in [6.45, 7) is 0. The minimum absolute atomic E-state index is 0.360.